The largest absolute Gasteiger partial charge is 0.383 e. The van der Waals surface area contributed by atoms with Crippen molar-refractivity contribution in [3.63, 3.8) is 0 Å². The van der Waals surface area contributed by atoms with Crippen molar-refractivity contribution in [2.24, 2.45) is 0 Å². The van der Waals surface area contributed by atoms with Crippen molar-refractivity contribution < 1.29 is 13.9 Å². The first-order valence-electron chi connectivity index (χ1n) is 5.98. The van der Waals surface area contributed by atoms with E-state index in [-0.39, 0.29) is 24.3 Å². The molecule has 106 valence electrons. The lowest BCUT2D eigenvalue weighted by Crippen LogP contribution is -2.36. The van der Waals surface area contributed by atoms with Crippen LogP contribution in [0.15, 0.2) is 22.7 Å². The molecule has 0 saturated heterocycles. The third-order valence-corrected chi connectivity index (χ3v) is 3.11. The molecular formula is C13H18BrFN2O2. The van der Waals surface area contributed by atoms with Gasteiger partial charge in [-0.15, -0.1) is 0 Å². The Kier molecular flexibility index (Phi) is 6.97. The Balaban J connectivity index is 2.44. The quantitative estimate of drug-likeness (QED) is 0.751. The number of carbonyl (C=O) groups is 1. The molecule has 0 heterocycles. The highest BCUT2D eigenvalue weighted by atomic mass is 79.9. The van der Waals surface area contributed by atoms with E-state index < -0.39 is 0 Å². The molecule has 0 aromatic heterocycles. The predicted octanol–water partition coefficient (Wildman–Crippen LogP) is 2.00. The lowest BCUT2D eigenvalue weighted by atomic mass is 10.1. The number of ether oxygens (including phenoxy) is 1. The minimum Gasteiger partial charge on any atom is -0.383 e. The second-order valence-electron chi connectivity index (χ2n) is 4.11. The molecule has 1 aromatic carbocycles. The van der Waals surface area contributed by atoms with E-state index in [4.69, 9.17) is 4.74 Å². The Morgan fingerprint density at radius 2 is 2.26 bits per heavy atom. The van der Waals surface area contributed by atoms with Crippen molar-refractivity contribution in [2.75, 3.05) is 26.8 Å². The Morgan fingerprint density at radius 1 is 1.53 bits per heavy atom. The van der Waals surface area contributed by atoms with Gasteiger partial charge in [-0.1, -0.05) is 15.9 Å². The van der Waals surface area contributed by atoms with Crippen LogP contribution in [0.4, 0.5) is 4.39 Å². The van der Waals surface area contributed by atoms with Crippen molar-refractivity contribution in [1.29, 1.82) is 0 Å². The molecule has 6 heteroatoms. The van der Waals surface area contributed by atoms with Gasteiger partial charge in [0.2, 0.25) is 5.91 Å². The molecular weight excluding hydrogens is 315 g/mol. The van der Waals surface area contributed by atoms with Crippen LogP contribution < -0.4 is 10.6 Å². The summed E-state index contributed by atoms with van der Waals surface area (Å²) in [6, 6.07) is 4.50. The third kappa shape index (κ3) is 5.67. The minimum atomic E-state index is -0.289. The van der Waals surface area contributed by atoms with Crippen LogP contribution in [-0.2, 0) is 9.53 Å². The normalized spacial score (nSPS) is 12.2. The van der Waals surface area contributed by atoms with Gasteiger partial charge >= 0.3 is 0 Å². The van der Waals surface area contributed by atoms with Crippen LogP contribution in [0.2, 0.25) is 0 Å². The van der Waals surface area contributed by atoms with Gasteiger partial charge < -0.3 is 15.4 Å². The number of hydrogen-bond acceptors (Lipinski definition) is 3. The molecule has 19 heavy (non-hydrogen) atoms. The summed E-state index contributed by atoms with van der Waals surface area (Å²) in [7, 11) is 1.57. The van der Waals surface area contributed by atoms with E-state index >= 15 is 0 Å². The van der Waals surface area contributed by atoms with Crippen molar-refractivity contribution >= 4 is 21.8 Å². The Morgan fingerprint density at radius 3 is 2.95 bits per heavy atom. The van der Waals surface area contributed by atoms with E-state index in [0.717, 1.165) is 4.47 Å². The zero-order chi connectivity index (χ0) is 14.3. The Bertz CT molecular complexity index is 429. The molecule has 0 saturated carbocycles. The first-order chi connectivity index (χ1) is 9.04. The van der Waals surface area contributed by atoms with Gasteiger partial charge in [0.05, 0.1) is 13.2 Å². The molecule has 1 atom stereocenters. The fourth-order valence-corrected chi connectivity index (χ4v) is 1.94. The number of methoxy groups -OCH3 is 1. The van der Waals surface area contributed by atoms with E-state index in [0.29, 0.717) is 18.7 Å². The number of rotatable bonds is 7. The number of carbonyl (C=O) groups excluding carboxylic acids is 1. The zero-order valence-corrected chi connectivity index (χ0v) is 12.6. The van der Waals surface area contributed by atoms with Gasteiger partial charge in [0.1, 0.15) is 5.82 Å². The molecule has 1 amide bonds. The van der Waals surface area contributed by atoms with Gasteiger partial charge in [-0.3, -0.25) is 4.79 Å². The van der Waals surface area contributed by atoms with Crippen LogP contribution in [0.3, 0.4) is 0 Å². The standard InChI is InChI=1S/C13H18BrFN2O2/c1-9(11-7-10(14)3-4-12(11)15)17-8-13(18)16-5-6-19-2/h3-4,7,9,17H,5-6,8H2,1-2H3,(H,16,18). The van der Waals surface area contributed by atoms with Crippen molar-refractivity contribution in [3.05, 3.63) is 34.1 Å². The third-order valence-electron chi connectivity index (χ3n) is 2.62. The maximum Gasteiger partial charge on any atom is 0.234 e. The summed E-state index contributed by atoms with van der Waals surface area (Å²) in [5.74, 6) is -0.428. The Hall–Kier alpha value is -0.980. The van der Waals surface area contributed by atoms with E-state index in [2.05, 4.69) is 26.6 Å². The first kappa shape index (κ1) is 16.1. The monoisotopic (exact) mass is 332 g/mol. The van der Waals surface area contributed by atoms with Gasteiger partial charge in [0, 0.05) is 29.7 Å². The summed E-state index contributed by atoms with van der Waals surface area (Å²) in [5.41, 5.74) is 0.527. The molecule has 1 unspecified atom stereocenters. The molecule has 0 aliphatic heterocycles. The molecule has 0 fully saturated rings. The van der Waals surface area contributed by atoms with Gasteiger partial charge in [-0.25, -0.2) is 4.39 Å². The topological polar surface area (TPSA) is 50.4 Å². The van der Waals surface area contributed by atoms with Gasteiger partial charge in [-0.2, -0.15) is 0 Å². The Labute approximate surface area is 120 Å². The zero-order valence-electron chi connectivity index (χ0n) is 11.0. The molecule has 4 nitrogen and oxygen atoms in total. The van der Waals surface area contributed by atoms with E-state index in [1.807, 2.05) is 6.92 Å². The lowest BCUT2D eigenvalue weighted by Gasteiger charge is -2.15. The molecule has 1 rings (SSSR count). The fourth-order valence-electron chi connectivity index (χ4n) is 1.56. The molecule has 0 spiro atoms. The van der Waals surface area contributed by atoms with E-state index in [9.17, 15) is 9.18 Å². The summed E-state index contributed by atoms with van der Waals surface area (Å²) in [4.78, 5) is 11.5. The second-order valence-corrected chi connectivity index (χ2v) is 5.03. The van der Waals surface area contributed by atoms with Crippen LogP contribution in [0.5, 0.6) is 0 Å². The summed E-state index contributed by atoms with van der Waals surface area (Å²) < 4.78 is 19.2. The van der Waals surface area contributed by atoms with E-state index in [1.165, 1.54) is 6.07 Å². The average molecular weight is 333 g/mol. The SMILES string of the molecule is COCCNC(=O)CNC(C)c1cc(Br)ccc1F. The fraction of sp³-hybridized carbons (Fsp3) is 0.462. The number of hydrogen-bond donors (Lipinski definition) is 2. The summed E-state index contributed by atoms with van der Waals surface area (Å²) >= 11 is 3.30. The van der Waals surface area contributed by atoms with E-state index in [1.54, 1.807) is 19.2 Å². The van der Waals surface area contributed by atoms with Crippen molar-refractivity contribution in [1.82, 2.24) is 10.6 Å². The second kappa shape index (κ2) is 8.24. The van der Waals surface area contributed by atoms with Crippen LogP contribution in [-0.4, -0.2) is 32.7 Å². The number of nitrogens with one attached hydrogen (secondary N) is 2. The smallest absolute Gasteiger partial charge is 0.234 e. The highest BCUT2D eigenvalue weighted by Crippen LogP contribution is 2.21. The average Bonchev–Trinajstić information content (AvgIpc) is 2.39. The van der Waals surface area contributed by atoms with Crippen LogP contribution in [0.1, 0.15) is 18.5 Å². The minimum absolute atomic E-state index is 0.136. The highest BCUT2D eigenvalue weighted by Gasteiger charge is 2.12. The lowest BCUT2D eigenvalue weighted by molar-refractivity contribution is -0.120. The van der Waals surface area contributed by atoms with Gasteiger partial charge in [-0.05, 0) is 25.1 Å². The predicted molar refractivity (Wildman–Crippen MR) is 75.4 cm³/mol. The first-order valence-corrected chi connectivity index (χ1v) is 6.78. The van der Waals surface area contributed by atoms with Crippen LogP contribution >= 0.6 is 15.9 Å². The van der Waals surface area contributed by atoms with Crippen LogP contribution in [0, 0.1) is 5.82 Å². The summed E-state index contributed by atoms with van der Waals surface area (Å²) in [6.07, 6.45) is 0. The molecule has 2 N–H and O–H groups in total. The molecule has 0 aliphatic carbocycles. The highest BCUT2D eigenvalue weighted by molar-refractivity contribution is 9.10. The number of benzene rings is 1. The maximum atomic E-state index is 13.6. The maximum absolute atomic E-state index is 13.6. The van der Waals surface area contributed by atoms with Crippen molar-refractivity contribution in [3.8, 4) is 0 Å². The molecule has 0 radical (unpaired) electrons. The number of amides is 1. The summed E-state index contributed by atoms with van der Waals surface area (Å²) in [6.45, 7) is 2.89. The van der Waals surface area contributed by atoms with Crippen LogP contribution in [0.25, 0.3) is 0 Å². The van der Waals surface area contributed by atoms with Gasteiger partial charge in [0.25, 0.3) is 0 Å². The summed E-state index contributed by atoms with van der Waals surface area (Å²) in [5, 5.41) is 5.67. The molecule has 0 bridgehead atoms. The van der Waals surface area contributed by atoms with Crippen molar-refractivity contribution in [2.45, 2.75) is 13.0 Å². The van der Waals surface area contributed by atoms with Gasteiger partial charge in [0.15, 0.2) is 0 Å². The number of halogens is 2. The molecule has 0 aliphatic rings. The molecule has 1 aromatic rings.